The van der Waals surface area contributed by atoms with Gasteiger partial charge in [-0.05, 0) is 0 Å². The highest BCUT2D eigenvalue weighted by Crippen LogP contribution is 1.89. The summed E-state index contributed by atoms with van der Waals surface area (Å²) >= 11 is 0. The number of carbonyl (C=O) groups excluding carboxylic acids is 1. The van der Waals surface area contributed by atoms with Crippen molar-refractivity contribution in [1.82, 2.24) is 10.2 Å². The second-order valence-electron chi connectivity index (χ2n) is 2.29. The number of ether oxygens (including phenoxy) is 3. The summed E-state index contributed by atoms with van der Waals surface area (Å²) in [5.74, 6) is 0. The molecule has 1 N–H and O–H groups in total. The number of hydrogen-bond donors (Lipinski definition) is 1. The normalized spacial score (nSPS) is 9.77. The fourth-order valence-corrected chi connectivity index (χ4v) is 0.712. The average molecular weight is 192 g/mol. The predicted octanol–water partition coefficient (Wildman–Crippen LogP) is -0.190. The number of urea groups is 1. The molecule has 0 aromatic carbocycles. The van der Waals surface area contributed by atoms with E-state index in [1.54, 1.807) is 0 Å². The summed E-state index contributed by atoms with van der Waals surface area (Å²) in [6.07, 6.45) is 0. The third kappa shape index (κ3) is 5.40. The first-order chi connectivity index (χ1) is 6.26. The third-order valence-electron chi connectivity index (χ3n) is 1.22. The van der Waals surface area contributed by atoms with Gasteiger partial charge in [-0.2, -0.15) is 0 Å². The molecule has 78 valence electrons. The van der Waals surface area contributed by atoms with Gasteiger partial charge in [-0.1, -0.05) is 0 Å². The molecular weight excluding hydrogens is 176 g/mol. The van der Waals surface area contributed by atoms with Crippen LogP contribution in [0.25, 0.3) is 0 Å². The van der Waals surface area contributed by atoms with E-state index < -0.39 is 0 Å². The predicted molar refractivity (Wildman–Crippen MR) is 46.0 cm³/mol. The van der Waals surface area contributed by atoms with E-state index in [9.17, 15) is 4.79 Å². The van der Waals surface area contributed by atoms with Crippen LogP contribution in [0.3, 0.4) is 0 Å². The molecule has 0 saturated carbocycles. The molecule has 0 fully saturated rings. The first-order valence-corrected chi connectivity index (χ1v) is 3.75. The maximum atomic E-state index is 11.3. The van der Waals surface area contributed by atoms with Crippen molar-refractivity contribution in [3.05, 3.63) is 0 Å². The number of hydrogen-bond acceptors (Lipinski definition) is 4. The minimum Gasteiger partial charge on any atom is -0.364 e. The molecule has 0 bridgehead atoms. The molecule has 0 aromatic heterocycles. The van der Waals surface area contributed by atoms with Gasteiger partial charge in [-0.3, -0.25) is 4.90 Å². The molecule has 2 amide bonds. The zero-order chi connectivity index (χ0) is 10.1. The molecule has 0 aromatic rings. The Morgan fingerprint density at radius 3 is 2.08 bits per heavy atom. The lowest BCUT2D eigenvalue weighted by Gasteiger charge is -2.20. The van der Waals surface area contributed by atoms with Gasteiger partial charge in [-0.25, -0.2) is 4.79 Å². The van der Waals surface area contributed by atoms with E-state index in [0.29, 0.717) is 0 Å². The van der Waals surface area contributed by atoms with Gasteiger partial charge >= 0.3 is 6.03 Å². The SMILES string of the molecule is COCNC(=O)N(COC)COC. The Morgan fingerprint density at radius 1 is 1.15 bits per heavy atom. The molecule has 6 nitrogen and oxygen atoms in total. The number of amides is 2. The molecule has 0 rings (SSSR count). The van der Waals surface area contributed by atoms with Crippen molar-refractivity contribution in [2.45, 2.75) is 0 Å². The van der Waals surface area contributed by atoms with E-state index in [2.05, 4.69) is 10.1 Å². The highest BCUT2D eigenvalue weighted by molar-refractivity contribution is 5.73. The molecule has 0 radical (unpaired) electrons. The molecule has 0 unspecified atom stereocenters. The highest BCUT2D eigenvalue weighted by atomic mass is 16.5. The smallest absolute Gasteiger partial charge is 0.322 e. The summed E-state index contributed by atoms with van der Waals surface area (Å²) in [5, 5.41) is 2.51. The Bertz CT molecular complexity index is 136. The van der Waals surface area contributed by atoms with Crippen LogP contribution >= 0.6 is 0 Å². The van der Waals surface area contributed by atoms with Crippen LogP contribution in [0.2, 0.25) is 0 Å². The quantitative estimate of drug-likeness (QED) is 0.592. The van der Waals surface area contributed by atoms with E-state index in [4.69, 9.17) is 9.47 Å². The van der Waals surface area contributed by atoms with Crippen molar-refractivity contribution in [3.63, 3.8) is 0 Å². The minimum absolute atomic E-state index is 0.169. The Balaban J connectivity index is 3.80. The lowest BCUT2D eigenvalue weighted by molar-refractivity contribution is 0.0101. The molecular formula is C7H16N2O4. The van der Waals surface area contributed by atoms with E-state index >= 15 is 0 Å². The highest BCUT2D eigenvalue weighted by Gasteiger charge is 2.10. The number of carbonyl (C=O) groups is 1. The number of nitrogens with one attached hydrogen (secondary N) is 1. The van der Waals surface area contributed by atoms with Crippen LogP contribution in [-0.4, -0.2) is 52.5 Å². The lowest BCUT2D eigenvalue weighted by Crippen LogP contribution is -2.42. The second kappa shape index (κ2) is 7.78. The molecule has 0 aliphatic rings. The first kappa shape index (κ1) is 12.2. The van der Waals surface area contributed by atoms with Gasteiger partial charge in [-0.15, -0.1) is 0 Å². The molecule has 6 heteroatoms. The fraction of sp³-hybridized carbons (Fsp3) is 0.857. The van der Waals surface area contributed by atoms with Crippen molar-refractivity contribution >= 4 is 6.03 Å². The molecule has 0 spiro atoms. The van der Waals surface area contributed by atoms with E-state index in [-0.39, 0.29) is 26.2 Å². The molecule has 0 aliphatic carbocycles. The van der Waals surface area contributed by atoms with Crippen molar-refractivity contribution < 1.29 is 19.0 Å². The standard InChI is InChI=1S/C7H16N2O4/c1-11-4-8-7(10)9(5-12-2)6-13-3/h4-6H2,1-3H3,(H,8,10). The van der Waals surface area contributed by atoms with Crippen LogP contribution in [-0.2, 0) is 14.2 Å². The van der Waals surface area contributed by atoms with Crippen LogP contribution in [0, 0.1) is 0 Å². The lowest BCUT2D eigenvalue weighted by atomic mass is 10.7. The van der Waals surface area contributed by atoms with Gasteiger partial charge in [0.2, 0.25) is 0 Å². The molecule has 13 heavy (non-hydrogen) atoms. The maximum absolute atomic E-state index is 11.3. The van der Waals surface area contributed by atoms with E-state index in [1.165, 1.54) is 26.2 Å². The Morgan fingerprint density at radius 2 is 1.69 bits per heavy atom. The van der Waals surface area contributed by atoms with Crippen LogP contribution in [0.1, 0.15) is 0 Å². The van der Waals surface area contributed by atoms with E-state index in [1.807, 2.05) is 0 Å². The molecule has 0 saturated heterocycles. The summed E-state index contributed by atoms with van der Waals surface area (Å²) in [7, 11) is 4.51. The fourth-order valence-electron chi connectivity index (χ4n) is 0.712. The molecule has 0 atom stereocenters. The van der Waals surface area contributed by atoms with Gasteiger partial charge in [0.1, 0.15) is 20.2 Å². The van der Waals surface area contributed by atoms with Crippen molar-refractivity contribution in [1.29, 1.82) is 0 Å². The summed E-state index contributed by atoms with van der Waals surface area (Å²) in [6.45, 7) is 0.537. The summed E-state index contributed by atoms with van der Waals surface area (Å²) in [5.41, 5.74) is 0. The Kier molecular flexibility index (Phi) is 7.27. The largest absolute Gasteiger partial charge is 0.364 e. The molecule has 0 heterocycles. The summed E-state index contributed by atoms with van der Waals surface area (Å²) < 4.78 is 14.3. The first-order valence-electron chi connectivity index (χ1n) is 3.75. The van der Waals surface area contributed by atoms with Gasteiger partial charge in [0.25, 0.3) is 0 Å². The van der Waals surface area contributed by atoms with Gasteiger partial charge < -0.3 is 19.5 Å². The zero-order valence-electron chi connectivity index (χ0n) is 8.20. The zero-order valence-corrected chi connectivity index (χ0v) is 8.20. The van der Waals surface area contributed by atoms with Gasteiger partial charge in [0.05, 0.1) is 0 Å². The van der Waals surface area contributed by atoms with Crippen molar-refractivity contribution in [2.24, 2.45) is 0 Å². The number of nitrogens with zero attached hydrogens (tertiary/aromatic N) is 1. The topological polar surface area (TPSA) is 60.0 Å². The third-order valence-corrected chi connectivity index (χ3v) is 1.22. The van der Waals surface area contributed by atoms with Crippen molar-refractivity contribution in [3.8, 4) is 0 Å². The van der Waals surface area contributed by atoms with Crippen LogP contribution in [0.5, 0.6) is 0 Å². The van der Waals surface area contributed by atoms with Crippen LogP contribution in [0.15, 0.2) is 0 Å². The number of rotatable bonds is 6. The van der Waals surface area contributed by atoms with Crippen LogP contribution in [0.4, 0.5) is 4.79 Å². The average Bonchev–Trinajstić information content (AvgIpc) is 2.14. The Hall–Kier alpha value is -0.850. The van der Waals surface area contributed by atoms with E-state index in [0.717, 1.165) is 0 Å². The van der Waals surface area contributed by atoms with Gasteiger partial charge in [0, 0.05) is 21.3 Å². The Labute approximate surface area is 77.7 Å². The monoisotopic (exact) mass is 192 g/mol. The van der Waals surface area contributed by atoms with Crippen molar-refractivity contribution in [2.75, 3.05) is 41.5 Å². The van der Waals surface area contributed by atoms with Crippen LogP contribution < -0.4 is 5.32 Å². The van der Waals surface area contributed by atoms with Gasteiger partial charge in [0.15, 0.2) is 0 Å². The number of methoxy groups -OCH3 is 3. The minimum atomic E-state index is -0.287. The summed E-state index contributed by atoms with van der Waals surface area (Å²) in [6, 6.07) is -0.287. The summed E-state index contributed by atoms with van der Waals surface area (Å²) in [4.78, 5) is 12.6. The second-order valence-corrected chi connectivity index (χ2v) is 2.29. The maximum Gasteiger partial charge on any atom is 0.322 e. The molecule has 0 aliphatic heterocycles.